The highest BCUT2D eigenvalue weighted by Gasteiger charge is 2.33. The van der Waals surface area contributed by atoms with E-state index in [1.54, 1.807) is 0 Å². The maximum atomic E-state index is 12.9. The van der Waals surface area contributed by atoms with Crippen LogP contribution in [-0.2, 0) is 16.0 Å². The molecule has 7 nitrogen and oxygen atoms in total. The lowest BCUT2D eigenvalue weighted by Crippen LogP contribution is -2.57. The predicted molar refractivity (Wildman–Crippen MR) is 108 cm³/mol. The van der Waals surface area contributed by atoms with Crippen LogP contribution in [0.4, 0.5) is 0 Å². The number of piperazine rings is 1. The van der Waals surface area contributed by atoms with Gasteiger partial charge in [-0.1, -0.05) is 42.6 Å². The van der Waals surface area contributed by atoms with E-state index in [0.717, 1.165) is 31.2 Å². The minimum Gasteiger partial charge on any atom is -0.338 e. The Bertz CT molecular complexity index is 845. The molecule has 2 aliphatic rings. The second-order valence-electron chi connectivity index (χ2n) is 8.11. The second kappa shape index (κ2) is 8.76. The van der Waals surface area contributed by atoms with Crippen molar-refractivity contribution in [1.82, 2.24) is 19.9 Å². The Morgan fingerprint density at radius 1 is 1.10 bits per heavy atom. The van der Waals surface area contributed by atoms with Crippen LogP contribution in [-0.4, -0.2) is 57.4 Å². The van der Waals surface area contributed by atoms with E-state index in [2.05, 4.69) is 10.1 Å². The number of carbonyl (C=O) groups is 2. The Kier molecular flexibility index (Phi) is 5.92. The van der Waals surface area contributed by atoms with Gasteiger partial charge in [0.05, 0.1) is 6.42 Å². The van der Waals surface area contributed by atoms with Crippen LogP contribution < -0.4 is 0 Å². The van der Waals surface area contributed by atoms with Crippen LogP contribution in [0.15, 0.2) is 34.9 Å². The van der Waals surface area contributed by atoms with E-state index in [4.69, 9.17) is 4.52 Å². The Hall–Kier alpha value is -2.70. The summed E-state index contributed by atoms with van der Waals surface area (Å²) in [6.45, 7) is 3.75. The summed E-state index contributed by atoms with van der Waals surface area (Å²) in [7, 11) is 0. The molecule has 2 heterocycles. The smallest absolute Gasteiger partial charge is 0.257 e. The summed E-state index contributed by atoms with van der Waals surface area (Å²) in [5.41, 5.74) is 0.835. The SMILES string of the molecule is C[C@H]1CN(C(=O)Cc2noc(-c3ccccc3)n2)CCN1C(=O)C1CCCCC1. The van der Waals surface area contributed by atoms with Gasteiger partial charge in [0.25, 0.3) is 5.89 Å². The average molecular weight is 396 g/mol. The predicted octanol–water partition coefficient (Wildman–Crippen LogP) is 2.92. The van der Waals surface area contributed by atoms with Gasteiger partial charge in [-0.2, -0.15) is 4.98 Å². The van der Waals surface area contributed by atoms with Gasteiger partial charge in [-0.05, 0) is 31.9 Å². The molecule has 0 radical (unpaired) electrons. The van der Waals surface area contributed by atoms with Gasteiger partial charge in [-0.25, -0.2) is 0 Å². The number of aromatic nitrogens is 2. The number of carbonyl (C=O) groups excluding carboxylic acids is 2. The maximum absolute atomic E-state index is 12.9. The van der Waals surface area contributed by atoms with Crippen molar-refractivity contribution in [1.29, 1.82) is 0 Å². The Labute approximate surface area is 171 Å². The molecular formula is C22H28N4O3. The number of benzene rings is 1. The first-order valence-electron chi connectivity index (χ1n) is 10.6. The van der Waals surface area contributed by atoms with Gasteiger partial charge in [-0.3, -0.25) is 9.59 Å². The standard InChI is InChI=1S/C22H28N4O3/c1-16-15-25(12-13-26(16)22(28)18-10-6-3-7-11-18)20(27)14-19-23-21(29-24-19)17-8-4-2-5-9-17/h2,4-5,8-9,16,18H,3,6-7,10-15H2,1H3/t16-/m0/s1. The van der Waals surface area contributed by atoms with E-state index in [1.165, 1.54) is 6.42 Å². The Morgan fingerprint density at radius 3 is 2.59 bits per heavy atom. The molecule has 1 aliphatic carbocycles. The number of hydrogen-bond acceptors (Lipinski definition) is 5. The van der Waals surface area contributed by atoms with Gasteiger partial charge in [0.1, 0.15) is 0 Å². The normalized spacial score (nSPS) is 20.7. The fourth-order valence-corrected chi connectivity index (χ4v) is 4.37. The summed E-state index contributed by atoms with van der Waals surface area (Å²) in [6, 6.07) is 9.54. The molecule has 2 amide bonds. The lowest BCUT2D eigenvalue weighted by Gasteiger charge is -2.41. The largest absolute Gasteiger partial charge is 0.338 e. The lowest BCUT2D eigenvalue weighted by molar-refractivity contribution is -0.145. The van der Waals surface area contributed by atoms with Crippen molar-refractivity contribution in [3.8, 4) is 11.5 Å². The van der Waals surface area contributed by atoms with Crippen molar-refractivity contribution in [2.75, 3.05) is 19.6 Å². The molecular weight excluding hydrogens is 368 g/mol. The van der Waals surface area contributed by atoms with Crippen molar-refractivity contribution in [3.63, 3.8) is 0 Å². The van der Waals surface area contributed by atoms with Crippen LogP contribution in [0.2, 0.25) is 0 Å². The monoisotopic (exact) mass is 396 g/mol. The second-order valence-corrected chi connectivity index (χ2v) is 8.11. The number of hydrogen-bond donors (Lipinski definition) is 0. The Morgan fingerprint density at radius 2 is 1.86 bits per heavy atom. The maximum Gasteiger partial charge on any atom is 0.257 e. The van der Waals surface area contributed by atoms with Crippen LogP contribution >= 0.6 is 0 Å². The molecule has 2 aromatic rings. The highest BCUT2D eigenvalue weighted by molar-refractivity contribution is 5.81. The molecule has 0 bridgehead atoms. The fraction of sp³-hybridized carbons (Fsp3) is 0.545. The highest BCUT2D eigenvalue weighted by Crippen LogP contribution is 2.27. The highest BCUT2D eigenvalue weighted by atomic mass is 16.5. The quantitative estimate of drug-likeness (QED) is 0.794. The van der Waals surface area contributed by atoms with Crippen molar-refractivity contribution < 1.29 is 14.1 Å². The van der Waals surface area contributed by atoms with Crippen LogP contribution in [0.3, 0.4) is 0 Å². The van der Waals surface area contributed by atoms with Crippen LogP contribution in [0.25, 0.3) is 11.5 Å². The molecule has 1 saturated carbocycles. The molecule has 1 aromatic carbocycles. The molecule has 0 spiro atoms. The van der Waals surface area contributed by atoms with Gasteiger partial charge >= 0.3 is 0 Å². The zero-order chi connectivity index (χ0) is 20.2. The van der Waals surface area contributed by atoms with Crippen molar-refractivity contribution in [2.45, 2.75) is 51.5 Å². The van der Waals surface area contributed by atoms with E-state index < -0.39 is 0 Å². The first-order valence-corrected chi connectivity index (χ1v) is 10.6. The summed E-state index contributed by atoms with van der Waals surface area (Å²) < 4.78 is 5.29. The first-order chi connectivity index (χ1) is 14.1. The molecule has 1 saturated heterocycles. The number of nitrogens with zero attached hydrogens (tertiary/aromatic N) is 4. The minimum absolute atomic E-state index is 0.0259. The van der Waals surface area contributed by atoms with Crippen LogP contribution in [0, 0.1) is 5.92 Å². The number of rotatable bonds is 4. The van der Waals surface area contributed by atoms with E-state index in [0.29, 0.717) is 31.3 Å². The van der Waals surface area contributed by atoms with Crippen molar-refractivity contribution in [2.24, 2.45) is 5.92 Å². The summed E-state index contributed by atoms with van der Waals surface area (Å²) in [5.74, 6) is 1.23. The minimum atomic E-state index is -0.0259. The summed E-state index contributed by atoms with van der Waals surface area (Å²) in [5, 5.41) is 3.95. The lowest BCUT2D eigenvalue weighted by atomic mass is 9.88. The van der Waals surface area contributed by atoms with Gasteiger partial charge in [0, 0.05) is 37.2 Å². The molecule has 1 aromatic heterocycles. The molecule has 154 valence electrons. The van der Waals surface area contributed by atoms with Crippen molar-refractivity contribution in [3.05, 3.63) is 36.2 Å². The molecule has 1 aliphatic heterocycles. The van der Waals surface area contributed by atoms with Crippen LogP contribution in [0.5, 0.6) is 0 Å². The van der Waals surface area contributed by atoms with Gasteiger partial charge in [0.15, 0.2) is 5.82 Å². The van der Waals surface area contributed by atoms with Gasteiger partial charge in [0.2, 0.25) is 11.8 Å². The zero-order valence-electron chi connectivity index (χ0n) is 16.9. The average Bonchev–Trinajstić information content (AvgIpc) is 3.23. The van der Waals surface area contributed by atoms with E-state index >= 15 is 0 Å². The fourth-order valence-electron chi connectivity index (χ4n) is 4.37. The Balaban J connectivity index is 1.33. The summed E-state index contributed by atoms with van der Waals surface area (Å²) >= 11 is 0. The van der Waals surface area contributed by atoms with Gasteiger partial charge < -0.3 is 14.3 Å². The number of amides is 2. The van der Waals surface area contributed by atoms with Crippen LogP contribution in [0.1, 0.15) is 44.9 Å². The molecule has 7 heteroatoms. The van der Waals surface area contributed by atoms with Gasteiger partial charge in [-0.15, -0.1) is 0 Å². The summed E-state index contributed by atoms with van der Waals surface area (Å²) in [4.78, 5) is 33.7. The van der Waals surface area contributed by atoms with E-state index in [-0.39, 0.29) is 30.2 Å². The van der Waals surface area contributed by atoms with E-state index in [1.807, 2.05) is 47.1 Å². The third-order valence-corrected chi connectivity index (χ3v) is 6.02. The molecule has 29 heavy (non-hydrogen) atoms. The summed E-state index contributed by atoms with van der Waals surface area (Å²) in [6.07, 6.45) is 5.67. The first kappa shape index (κ1) is 19.6. The third-order valence-electron chi connectivity index (χ3n) is 6.02. The zero-order valence-corrected chi connectivity index (χ0v) is 16.9. The molecule has 0 unspecified atom stereocenters. The molecule has 2 fully saturated rings. The third kappa shape index (κ3) is 4.49. The molecule has 0 N–H and O–H groups in total. The van der Waals surface area contributed by atoms with Crippen molar-refractivity contribution >= 4 is 11.8 Å². The molecule has 4 rings (SSSR count). The van der Waals surface area contributed by atoms with E-state index in [9.17, 15) is 9.59 Å². The topological polar surface area (TPSA) is 79.5 Å². The molecule has 1 atom stereocenters.